The second-order valence-electron chi connectivity index (χ2n) is 4.48. The van der Waals surface area contributed by atoms with E-state index in [4.69, 9.17) is 8.83 Å². The Kier molecular flexibility index (Phi) is 2.67. The van der Waals surface area contributed by atoms with Gasteiger partial charge in [-0.1, -0.05) is 18.2 Å². The number of furan rings is 2. The van der Waals surface area contributed by atoms with Crippen molar-refractivity contribution in [2.75, 3.05) is 0 Å². The average Bonchev–Trinajstić information content (AvgIpc) is 3.27. The molecule has 21 heavy (non-hydrogen) atoms. The predicted molar refractivity (Wildman–Crippen MR) is 76.8 cm³/mol. The molecular formula is C16H11N3O2. The Bertz CT molecular complexity index is 779. The zero-order valence-corrected chi connectivity index (χ0v) is 11.0. The van der Waals surface area contributed by atoms with Crippen molar-refractivity contribution in [3.8, 4) is 28.6 Å². The van der Waals surface area contributed by atoms with Gasteiger partial charge in [0, 0.05) is 0 Å². The van der Waals surface area contributed by atoms with Crippen molar-refractivity contribution in [3.05, 3.63) is 67.1 Å². The second-order valence-corrected chi connectivity index (χ2v) is 4.48. The maximum Gasteiger partial charge on any atom is 0.160 e. The van der Waals surface area contributed by atoms with Crippen LogP contribution < -0.4 is 0 Å². The molecule has 0 spiro atoms. The molecule has 0 saturated carbocycles. The van der Waals surface area contributed by atoms with Gasteiger partial charge in [0.05, 0.1) is 18.2 Å². The van der Waals surface area contributed by atoms with Gasteiger partial charge in [-0.2, -0.15) is 4.80 Å². The maximum atomic E-state index is 5.45. The Morgan fingerprint density at radius 1 is 0.667 bits per heavy atom. The van der Waals surface area contributed by atoms with E-state index in [0.717, 1.165) is 5.69 Å². The molecule has 4 aromatic rings. The molecule has 0 N–H and O–H groups in total. The smallest absolute Gasteiger partial charge is 0.160 e. The molecule has 102 valence electrons. The molecule has 0 fully saturated rings. The van der Waals surface area contributed by atoms with Crippen LogP contribution in [0.25, 0.3) is 28.6 Å². The minimum atomic E-state index is 0.652. The van der Waals surface area contributed by atoms with Crippen LogP contribution in [0.4, 0.5) is 0 Å². The molecule has 3 heterocycles. The van der Waals surface area contributed by atoms with E-state index in [1.54, 1.807) is 17.3 Å². The topological polar surface area (TPSA) is 57.0 Å². The van der Waals surface area contributed by atoms with Gasteiger partial charge in [-0.25, -0.2) is 0 Å². The van der Waals surface area contributed by atoms with E-state index in [1.165, 1.54) is 0 Å². The summed E-state index contributed by atoms with van der Waals surface area (Å²) in [5, 5.41) is 9.06. The summed E-state index contributed by atoms with van der Waals surface area (Å²) in [4.78, 5) is 1.58. The Labute approximate surface area is 120 Å². The SMILES string of the molecule is c1ccc(-n2nc(-c3ccco3)c(-c3ccco3)n2)cc1. The van der Waals surface area contributed by atoms with Crippen molar-refractivity contribution in [2.45, 2.75) is 0 Å². The average molecular weight is 277 g/mol. The number of para-hydroxylation sites is 1. The first-order valence-electron chi connectivity index (χ1n) is 6.52. The van der Waals surface area contributed by atoms with Gasteiger partial charge in [-0.05, 0) is 36.4 Å². The standard InChI is InChI=1S/C16H11N3O2/c1-2-6-12(7-3-1)19-17-15(13-8-4-10-20-13)16(18-19)14-9-5-11-21-14/h1-11H. The van der Waals surface area contributed by atoms with E-state index in [1.807, 2.05) is 54.6 Å². The van der Waals surface area contributed by atoms with Crippen LogP contribution in [0.15, 0.2) is 76.0 Å². The fraction of sp³-hybridized carbons (Fsp3) is 0. The number of aromatic nitrogens is 3. The third-order valence-electron chi connectivity index (χ3n) is 3.11. The molecule has 5 nitrogen and oxygen atoms in total. The lowest BCUT2D eigenvalue weighted by Gasteiger charge is -1.96. The largest absolute Gasteiger partial charge is 0.463 e. The molecule has 1 aromatic carbocycles. The van der Waals surface area contributed by atoms with Gasteiger partial charge in [0.1, 0.15) is 0 Å². The van der Waals surface area contributed by atoms with E-state index < -0.39 is 0 Å². The molecule has 0 unspecified atom stereocenters. The van der Waals surface area contributed by atoms with Gasteiger partial charge in [0.15, 0.2) is 22.9 Å². The lowest BCUT2D eigenvalue weighted by molar-refractivity contribution is 0.573. The molecule has 0 aliphatic carbocycles. The fourth-order valence-electron chi connectivity index (χ4n) is 2.14. The van der Waals surface area contributed by atoms with E-state index >= 15 is 0 Å². The summed E-state index contributed by atoms with van der Waals surface area (Å²) in [6.07, 6.45) is 3.23. The summed E-state index contributed by atoms with van der Waals surface area (Å²) in [6, 6.07) is 17.1. The van der Waals surface area contributed by atoms with Crippen LogP contribution in [0.1, 0.15) is 0 Å². The fourth-order valence-corrected chi connectivity index (χ4v) is 2.14. The molecule has 0 radical (unpaired) electrons. The lowest BCUT2D eigenvalue weighted by atomic mass is 10.2. The first kappa shape index (κ1) is 11.7. The van der Waals surface area contributed by atoms with E-state index in [2.05, 4.69) is 10.2 Å². The van der Waals surface area contributed by atoms with E-state index in [0.29, 0.717) is 22.9 Å². The van der Waals surface area contributed by atoms with Crippen LogP contribution in [0.5, 0.6) is 0 Å². The summed E-state index contributed by atoms with van der Waals surface area (Å²) in [7, 11) is 0. The van der Waals surface area contributed by atoms with Crippen LogP contribution in [-0.2, 0) is 0 Å². The number of hydrogen-bond donors (Lipinski definition) is 0. The van der Waals surface area contributed by atoms with Crippen molar-refractivity contribution < 1.29 is 8.83 Å². The predicted octanol–water partition coefficient (Wildman–Crippen LogP) is 3.79. The van der Waals surface area contributed by atoms with Gasteiger partial charge in [0.25, 0.3) is 0 Å². The highest BCUT2D eigenvalue weighted by molar-refractivity contribution is 5.72. The minimum Gasteiger partial charge on any atom is -0.463 e. The molecular weight excluding hydrogens is 266 g/mol. The summed E-state index contributed by atoms with van der Waals surface area (Å²) in [6.45, 7) is 0. The summed E-state index contributed by atoms with van der Waals surface area (Å²) < 4.78 is 10.9. The Hall–Kier alpha value is -3.08. The number of rotatable bonds is 3. The molecule has 0 aliphatic rings. The van der Waals surface area contributed by atoms with Crippen molar-refractivity contribution in [3.63, 3.8) is 0 Å². The minimum absolute atomic E-state index is 0.652. The summed E-state index contributed by atoms with van der Waals surface area (Å²) in [5.41, 5.74) is 2.18. The van der Waals surface area contributed by atoms with Crippen molar-refractivity contribution in [2.24, 2.45) is 0 Å². The van der Waals surface area contributed by atoms with Crippen molar-refractivity contribution in [1.29, 1.82) is 0 Å². The molecule has 0 amide bonds. The van der Waals surface area contributed by atoms with Gasteiger partial charge in [-0.15, -0.1) is 10.2 Å². The summed E-state index contributed by atoms with van der Waals surface area (Å²) >= 11 is 0. The van der Waals surface area contributed by atoms with Crippen molar-refractivity contribution >= 4 is 0 Å². The quantitative estimate of drug-likeness (QED) is 0.571. The van der Waals surface area contributed by atoms with Crippen LogP contribution in [0, 0.1) is 0 Å². The third kappa shape index (κ3) is 2.04. The monoisotopic (exact) mass is 277 g/mol. The zero-order valence-electron chi connectivity index (χ0n) is 11.0. The number of benzene rings is 1. The highest BCUT2D eigenvalue weighted by atomic mass is 16.3. The Balaban J connectivity index is 1.91. The molecule has 0 saturated heterocycles. The normalized spacial score (nSPS) is 10.9. The van der Waals surface area contributed by atoms with Gasteiger partial charge < -0.3 is 8.83 Å². The van der Waals surface area contributed by atoms with Crippen LogP contribution in [0.2, 0.25) is 0 Å². The molecule has 4 rings (SSSR count). The molecule has 0 atom stereocenters. The van der Waals surface area contributed by atoms with E-state index in [-0.39, 0.29) is 0 Å². The summed E-state index contributed by atoms with van der Waals surface area (Å²) in [5.74, 6) is 1.31. The van der Waals surface area contributed by atoms with Crippen LogP contribution in [-0.4, -0.2) is 15.0 Å². The number of hydrogen-bond acceptors (Lipinski definition) is 4. The first-order chi connectivity index (χ1) is 10.4. The number of nitrogens with zero attached hydrogens (tertiary/aromatic N) is 3. The van der Waals surface area contributed by atoms with Crippen LogP contribution in [0.3, 0.4) is 0 Å². The van der Waals surface area contributed by atoms with Gasteiger partial charge in [0.2, 0.25) is 0 Å². The lowest BCUT2D eigenvalue weighted by Crippen LogP contribution is -1.98. The van der Waals surface area contributed by atoms with Crippen molar-refractivity contribution in [1.82, 2.24) is 15.0 Å². The molecule has 0 bridgehead atoms. The zero-order chi connectivity index (χ0) is 14.1. The molecule has 5 heteroatoms. The highest BCUT2D eigenvalue weighted by Crippen LogP contribution is 2.30. The van der Waals surface area contributed by atoms with Gasteiger partial charge >= 0.3 is 0 Å². The Morgan fingerprint density at radius 3 is 1.71 bits per heavy atom. The second kappa shape index (κ2) is 4.79. The third-order valence-corrected chi connectivity index (χ3v) is 3.11. The van der Waals surface area contributed by atoms with Gasteiger partial charge in [-0.3, -0.25) is 0 Å². The van der Waals surface area contributed by atoms with Crippen LogP contribution >= 0.6 is 0 Å². The maximum absolute atomic E-state index is 5.45. The molecule has 3 aromatic heterocycles. The molecule has 0 aliphatic heterocycles. The Morgan fingerprint density at radius 2 is 1.24 bits per heavy atom. The first-order valence-corrected chi connectivity index (χ1v) is 6.52. The van der Waals surface area contributed by atoms with E-state index in [9.17, 15) is 0 Å². The highest BCUT2D eigenvalue weighted by Gasteiger charge is 2.19.